The number of alkyl carbamates (subject to hydrolysis) is 1. The van der Waals surface area contributed by atoms with Crippen LogP contribution in [0.3, 0.4) is 0 Å². The van der Waals surface area contributed by atoms with Gasteiger partial charge in [-0.1, -0.05) is 26.0 Å². The zero-order chi connectivity index (χ0) is 13.5. The van der Waals surface area contributed by atoms with Crippen molar-refractivity contribution < 1.29 is 14.6 Å². The highest BCUT2D eigenvalue weighted by molar-refractivity contribution is 5.69. The molecule has 1 heterocycles. The molecule has 2 N–H and O–H groups in total. The molecule has 0 bridgehead atoms. The van der Waals surface area contributed by atoms with Gasteiger partial charge in [0.1, 0.15) is 12.4 Å². The lowest BCUT2D eigenvalue weighted by Gasteiger charge is -2.38. The number of cyclic esters (lactones) is 1. The number of hydrogen-bond donors (Lipinski definition) is 2. The molecule has 0 saturated carbocycles. The molecule has 0 spiro atoms. The van der Waals surface area contributed by atoms with Crippen LogP contribution in [0, 0.1) is 19.3 Å². The number of carbonyl (C=O) groups is 1. The molecular weight excluding hydrogens is 230 g/mol. The van der Waals surface area contributed by atoms with Crippen LogP contribution in [0.4, 0.5) is 4.79 Å². The predicted octanol–water partition coefficient (Wildman–Crippen LogP) is 2.82. The van der Waals surface area contributed by atoms with Gasteiger partial charge in [0.2, 0.25) is 0 Å². The Hall–Kier alpha value is -1.71. The van der Waals surface area contributed by atoms with Gasteiger partial charge < -0.3 is 15.2 Å². The van der Waals surface area contributed by atoms with Crippen molar-refractivity contribution in [3.8, 4) is 5.75 Å². The number of ether oxygens (including phenoxy) is 1. The molecule has 2 rings (SSSR count). The fourth-order valence-electron chi connectivity index (χ4n) is 2.38. The maximum absolute atomic E-state index is 11.4. The quantitative estimate of drug-likeness (QED) is 0.804. The van der Waals surface area contributed by atoms with Crippen LogP contribution >= 0.6 is 0 Å². The van der Waals surface area contributed by atoms with E-state index in [4.69, 9.17) is 4.74 Å². The minimum absolute atomic E-state index is 0.100. The Balaban J connectivity index is 2.43. The van der Waals surface area contributed by atoms with Crippen LogP contribution in [0.1, 0.15) is 36.6 Å². The third-order valence-corrected chi connectivity index (χ3v) is 3.47. The average molecular weight is 249 g/mol. The van der Waals surface area contributed by atoms with Crippen LogP contribution in [-0.2, 0) is 4.74 Å². The molecule has 4 heteroatoms. The number of hydrogen-bond acceptors (Lipinski definition) is 3. The predicted molar refractivity (Wildman–Crippen MR) is 68.6 cm³/mol. The van der Waals surface area contributed by atoms with Gasteiger partial charge in [-0.05, 0) is 30.5 Å². The second kappa shape index (κ2) is 4.19. The van der Waals surface area contributed by atoms with Gasteiger partial charge in [0.15, 0.2) is 0 Å². The van der Waals surface area contributed by atoms with Crippen molar-refractivity contribution >= 4 is 6.09 Å². The molecule has 1 amide bonds. The number of aryl methyl sites for hydroxylation is 2. The highest BCUT2D eigenvalue weighted by Gasteiger charge is 2.38. The summed E-state index contributed by atoms with van der Waals surface area (Å²) in [6.45, 7) is 8.21. The summed E-state index contributed by atoms with van der Waals surface area (Å²) in [5.74, 6) is 0.315. The van der Waals surface area contributed by atoms with Crippen molar-refractivity contribution in [1.82, 2.24) is 5.32 Å². The fourth-order valence-corrected chi connectivity index (χ4v) is 2.38. The van der Waals surface area contributed by atoms with E-state index in [1.165, 1.54) is 0 Å². The lowest BCUT2D eigenvalue weighted by atomic mass is 9.79. The molecule has 4 nitrogen and oxygen atoms in total. The largest absolute Gasteiger partial charge is 0.507 e. The van der Waals surface area contributed by atoms with Crippen molar-refractivity contribution in [1.29, 1.82) is 0 Å². The maximum atomic E-state index is 11.4. The molecule has 1 atom stereocenters. The van der Waals surface area contributed by atoms with Crippen molar-refractivity contribution in [2.45, 2.75) is 33.7 Å². The van der Waals surface area contributed by atoms with E-state index in [1.807, 2.05) is 26.0 Å². The number of carbonyl (C=O) groups excluding carboxylic acids is 1. The molecule has 0 radical (unpaired) electrons. The van der Waals surface area contributed by atoms with Gasteiger partial charge in [0.25, 0.3) is 0 Å². The number of phenolic OH excluding ortho intramolecular Hbond substituents is 1. The number of aromatic hydroxyl groups is 1. The second-order valence-corrected chi connectivity index (χ2v) is 5.65. The van der Waals surface area contributed by atoms with Gasteiger partial charge in [-0.25, -0.2) is 4.79 Å². The Kier molecular flexibility index (Phi) is 2.97. The number of rotatable bonds is 1. The lowest BCUT2D eigenvalue weighted by molar-refractivity contribution is 0.0387. The SMILES string of the molecule is Cc1cc([C@@H]2NC(=O)OCC2(C)C)cc(C)c1O. The molecule has 1 saturated heterocycles. The molecule has 1 aliphatic rings. The van der Waals surface area contributed by atoms with Crippen molar-refractivity contribution in [2.24, 2.45) is 5.41 Å². The van der Waals surface area contributed by atoms with E-state index in [0.29, 0.717) is 12.4 Å². The van der Waals surface area contributed by atoms with Crippen molar-refractivity contribution in [3.05, 3.63) is 28.8 Å². The summed E-state index contributed by atoms with van der Waals surface area (Å²) in [5.41, 5.74) is 2.47. The van der Waals surface area contributed by atoms with Crippen LogP contribution in [0.15, 0.2) is 12.1 Å². The second-order valence-electron chi connectivity index (χ2n) is 5.65. The van der Waals surface area contributed by atoms with Crippen LogP contribution in [0.25, 0.3) is 0 Å². The zero-order valence-corrected chi connectivity index (χ0v) is 11.2. The Morgan fingerprint density at radius 2 is 1.89 bits per heavy atom. The summed E-state index contributed by atoms with van der Waals surface area (Å²) >= 11 is 0. The van der Waals surface area contributed by atoms with Gasteiger partial charge in [-0.3, -0.25) is 0 Å². The Morgan fingerprint density at radius 1 is 1.33 bits per heavy atom. The Labute approximate surface area is 107 Å². The van der Waals surface area contributed by atoms with E-state index in [-0.39, 0.29) is 17.6 Å². The highest BCUT2D eigenvalue weighted by Crippen LogP contribution is 2.38. The minimum atomic E-state index is -0.386. The fraction of sp³-hybridized carbons (Fsp3) is 0.500. The maximum Gasteiger partial charge on any atom is 0.407 e. The molecule has 98 valence electrons. The summed E-state index contributed by atoms with van der Waals surface area (Å²) in [5, 5.41) is 12.7. The molecule has 1 aromatic carbocycles. The molecule has 1 fully saturated rings. The summed E-state index contributed by atoms with van der Waals surface area (Å²) < 4.78 is 5.03. The monoisotopic (exact) mass is 249 g/mol. The van der Waals surface area contributed by atoms with Crippen molar-refractivity contribution in [2.75, 3.05) is 6.61 Å². The number of phenols is 1. The lowest BCUT2D eigenvalue weighted by Crippen LogP contribution is -2.46. The summed E-state index contributed by atoms with van der Waals surface area (Å²) in [6.07, 6.45) is -0.386. The van der Waals surface area contributed by atoms with Crippen LogP contribution in [-0.4, -0.2) is 17.8 Å². The summed E-state index contributed by atoms with van der Waals surface area (Å²) in [6, 6.07) is 3.73. The van der Waals surface area contributed by atoms with Crippen molar-refractivity contribution in [3.63, 3.8) is 0 Å². The van der Waals surface area contributed by atoms with E-state index in [9.17, 15) is 9.90 Å². The third kappa shape index (κ3) is 2.15. The molecule has 1 aromatic rings. The molecular formula is C14H19NO3. The minimum Gasteiger partial charge on any atom is -0.507 e. The van der Waals surface area contributed by atoms with Gasteiger partial charge in [-0.2, -0.15) is 0 Å². The van der Waals surface area contributed by atoms with Crippen LogP contribution in [0.2, 0.25) is 0 Å². The van der Waals surface area contributed by atoms with E-state index in [2.05, 4.69) is 19.2 Å². The first-order valence-corrected chi connectivity index (χ1v) is 6.04. The summed E-state index contributed by atoms with van der Waals surface area (Å²) in [7, 11) is 0. The van der Waals surface area contributed by atoms with Gasteiger partial charge >= 0.3 is 6.09 Å². The first-order chi connectivity index (χ1) is 8.31. The molecule has 1 aliphatic heterocycles. The van der Waals surface area contributed by atoms with Gasteiger partial charge in [-0.15, -0.1) is 0 Å². The number of amides is 1. The van der Waals surface area contributed by atoms with Gasteiger partial charge in [0.05, 0.1) is 6.04 Å². The van der Waals surface area contributed by atoms with E-state index < -0.39 is 0 Å². The molecule has 18 heavy (non-hydrogen) atoms. The summed E-state index contributed by atoms with van der Waals surface area (Å²) in [4.78, 5) is 11.4. The average Bonchev–Trinajstić information content (AvgIpc) is 2.28. The molecule has 0 aliphatic carbocycles. The zero-order valence-electron chi connectivity index (χ0n) is 11.2. The molecule has 0 unspecified atom stereocenters. The Bertz CT molecular complexity index is 471. The number of nitrogens with one attached hydrogen (secondary N) is 1. The van der Waals surface area contributed by atoms with E-state index in [0.717, 1.165) is 16.7 Å². The smallest absolute Gasteiger partial charge is 0.407 e. The topological polar surface area (TPSA) is 58.6 Å². The van der Waals surface area contributed by atoms with E-state index in [1.54, 1.807) is 0 Å². The standard InChI is InChI=1S/C14H19NO3/c1-8-5-10(6-9(2)11(8)16)12-14(3,4)7-18-13(17)15-12/h5-6,12,16H,7H2,1-4H3,(H,15,17)/t12-/m0/s1. The van der Waals surface area contributed by atoms with E-state index >= 15 is 0 Å². The normalized spacial score (nSPS) is 22.2. The Morgan fingerprint density at radius 3 is 2.44 bits per heavy atom. The first-order valence-electron chi connectivity index (χ1n) is 6.04. The third-order valence-electron chi connectivity index (χ3n) is 3.47. The number of benzene rings is 1. The molecule has 0 aromatic heterocycles. The highest BCUT2D eigenvalue weighted by atomic mass is 16.6. The first kappa shape index (κ1) is 12.7. The van der Waals surface area contributed by atoms with Gasteiger partial charge in [0, 0.05) is 5.41 Å². The van der Waals surface area contributed by atoms with Crippen LogP contribution in [0.5, 0.6) is 5.75 Å². The van der Waals surface area contributed by atoms with Crippen LogP contribution < -0.4 is 5.32 Å².